The van der Waals surface area contributed by atoms with Gasteiger partial charge in [-0.15, -0.1) is 0 Å². The van der Waals surface area contributed by atoms with Crippen LogP contribution >= 0.6 is 0 Å². The highest BCUT2D eigenvalue weighted by Crippen LogP contribution is 2.06. The van der Waals surface area contributed by atoms with Crippen LogP contribution in [0.25, 0.3) is 0 Å². The zero-order valence-electron chi connectivity index (χ0n) is 10.8. The molecule has 0 saturated carbocycles. The van der Waals surface area contributed by atoms with E-state index in [0.717, 1.165) is 0 Å². The van der Waals surface area contributed by atoms with Gasteiger partial charge in [-0.3, -0.25) is 4.90 Å². The van der Waals surface area contributed by atoms with Crippen LogP contribution < -0.4 is 0 Å². The Bertz CT molecular complexity index is 197. The smallest absolute Gasteiger partial charge is 0.0113 e. The van der Waals surface area contributed by atoms with Gasteiger partial charge in [0.1, 0.15) is 0 Å². The Kier molecular flexibility index (Phi) is 5.34. The molecule has 1 saturated heterocycles. The average molecular weight is 210 g/mol. The molecule has 1 heterocycles. The van der Waals surface area contributed by atoms with Crippen LogP contribution in [0, 0.1) is 0 Å². The summed E-state index contributed by atoms with van der Waals surface area (Å²) < 4.78 is 0. The first-order valence-electron chi connectivity index (χ1n) is 6.19. The van der Waals surface area contributed by atoms with Crippen LogP contribution in [0.5, 0.6) is 0 Å². The fourth-order valence-corrected chi connectivity index (χ4v) is 2.04. The maximum absolute atomic E-state index is 2.58. The molecule has 0 unspecified atom stereocenters. The first-order valence-corrected chi connectivity index (χ1v) is 6.19. The van der Waals surface area contributed by atoms with Gasteiger partial charge in [-0.25, -0.2) is 0 Å². The fourth-order valence-electron chi connectivity index (χ4n) is 2.04. The van der Waals surface area contributed by atoms with Crippen molar-refractivity contribution in [1.29, 1.82) is 0 Å². The van der Waals surface area contributed by atoms with Crippen molar-refractivity contribution in [2.24, 2.45) is 0 Å². The average Bonchev–Trinajstić information content (AvgIpc) is 2.18. The summed E-state index contributed by atoms with van der Waals surface area (Å²) in [6.07, 6.45) is 3.55. The minimum Gasteiger partial charge on any atom is -0.300 e. The predicted molar refractivity (Wildman–Crippen MR) is 67.2 cm³/mol. The van der Waals surface area contributed by atoms with Crippen molar-refractivity contribution in [3.8, 4) is 0 Å². The Morgan fingerprint density at radius 2 is 1.73 bits per heavy atom. The van der Waals surface area contributed by atoms with Crippen LogP contribution in [0.4, 0.5) is 0 Å². The Labute approximate surface area is 94.9 Å². The molecule has 1 rings (SSSR count). The van der Waals surface area contributed by atoms with E-state index in [2.05, 4.69) is 43.6 Å². The third kappa shape index (κ3) is 4.80. The van der Waals surface area contributed by atoms with Crippen molar-refractivity contribution < 1.29 is 0 Å². The van der Waals surface area contributed by atoms with Crippen molar-refractivity contribution in [1.82, 2.24) is 9.80 Å². The van der Waals surface area contributed by atoms with E-state index in [-0.39, 0.29) is 0 Å². The van der Waals surface area contributed by atoms with Crippen LogP contribution in [0.3, 0.4) is 0 Å². The van der Waals surface area contributed by atoms with Crippen LogP contribution in [0.2, 0.25) is 0 Å². The number of hydrogen-bond acceptors (Lipinski definition) is 2. The quantitative estimate of drug-likeness (QED) is 0.657. The first-order chi connectivity index (χ1) is 7.09. The molecular formula is C13H26N2. The van der Waals surface area contributed by atoms with Crippen LogP contribution in [-0.4, -0.2) is 48.6 Å². The minimum absolute atomic E-state index is 0.713. The van der Waals surface area contributed by atoms with Gasteiger partial charge in [-0.2, -0.15) is 0 Å². The molecule has 1 aliphatic heterocycles. The second kappa shape index (κ2) is 6.29. The lowest BCUT2D eigenvalue weighted by molar-refractivity contribution is 0.110. The summed E-state index contributed by atoms with van der Waals surface area (Å²) in [5.74, 6) is 0. The summed E-state index contributed by atoms with van der Waals surface area (Å²) in [4.78, 5) is 5.15. The maximum atomic E-state index is 2.58. The molecule has 2 heteroatoms. The molecule has 0 atom stereocenters. The van der Waals surface area contributed by atoms with E-state index in [1.54, 1.807) is 0 Å². The topological polar surface area (TPSA) is 6.48 Å². The molecule has 0 aromatic carbocycles. The highest BCUT2D eigenvalue weighted by molar-refractivity contribution is 4.93. The van der Waals surface area contributed by atoms with Crippen molar-refractivity contribution in [2.45, 2.75) is 40.2 Å². The lowest BCUT2D eigenvalue weighted by Gasteiger charge is -2.36. The van der Waals surface area contributed by atoms with Crippen LogP contribution in [0.15, 0.2) is 11.6 Å². The van der Waals surface area contributed by atoms with Gasteiger partial charge in [0.25, 0.3) is 0 Å². The lowest BCUT2D eigenvalue weighted by atomic mass is 10.2. The molecule has 0 spiro atoms. The number of nitrogens with zero attached hydrogens (tertiary/aromatic N) is 2. The number of rotatable bonds is 4. The van der Waals surface area contributed by atoms with E-state index in [1.165, 1.54) is 44.7 Å². The normalized spacial score (nSPS) is 19.5. The predicted octanol–water partition coefficient (Wildman–Crippen LogP) is 2.37. The summed E-state index contributed by atoms with van der Waals surface area (Å²) in [7, 11) is 0. The van der Waals surface area contributed by atoms with E-state index in [4.69, 9.17) is 0 Å². The van der Waals surface area contributed by atoms with Gasteiger partial charge in [-0.05, 0) is 34.1 Å². The third-order valence-electron chi connectivity index (χ3n) is 3.14. The van der Waals surface area contributed by atoms with E-state index < -0.39 is 0 Å². The van der Waals surface area contributed by atoms with Gasteiger partial charge in [0.2, 0.25) is 0 Å². The molecule has 15 heavy (non-hydrogen) atoms. The Morgan fingerprint density at radius 1 is 1.13 bits per heavy atom. The monoisotopic (exact) mass is 210 g/mol. The SMILES string of the molecule is CC(C)=CCCN1CCN(C(C)C)CC1. The molecule has 0 amide bonds. The van der Waals surface area contributed by atoms with Gasteiger partial charge in [0.05, 0.1) is 0 Å². The molecule has 0 aromatic heterocycles. The minimum atomic E-state index is 0.713. The highest BCUT2D eigenvalue weighted by Gasteiger charge is 2.17. The van der Waals surface area contributed by atoms with Crippen LogP contribution in [-0.2, 0) is 0 Å². The first kappa shape index (κ1) is 12.7. The summed E-state index contributed by atoms with van der Waals surface area (Å²) in [6, 6.07) is 0.713. The number of hydrogen-bond donors (Lipinski definition) is 0. The second-order valence-corrected chi connectivity index (χ2v) is 5.04. The second-order valence-electron chi connectivity index (χ2n) is 5.04. The maximum Gasteiger partial charge on any atom is 0.0113 e. The Hall–Kier alpha value is -0.340. The van der Waals surface area contributed by atoms with Crippen molar-refractivity contribution in [3.05, 3.63) is 11.6 Å². The largest absolute Gasteiger partial charge is 0.300 e. The summed E-state index contributed by atoms with van der Waals surface area (Å²) in [5, 5.41) is 0. The lowest BCUT2D eigenvalue weighted by Crippen LogP contribution is -2.48. The van der Waals surface area contributed by atoms with E-state index in [0.29, 0.717) is 6.04 Å². The summed E-state index contributed by atoms with van der Waals surface area (Å²) in [6.45, 7) is 15.1. The standard InChI is InChI=1S/C13H26N2/c1-12(2)6-5-7-14-8-10-15(11-9-14)13(3)4/h6,13H,5,7-11H2,1-4H3. The van der Waals surface area contributed by atoms with Gasteiger partial charge < -0.3 is 4.90 Å². The van der Waals surface area contributed by atoms with E-state index in [1.807, 2.05) is 0 Å². The van der Waals surface area contributed by atoms with Crippen molar-refractivity contribution >= 4 is 0 Å². The molecule has 0 aromatic rings. The zero-order chi connectivity index (χ0) is 11.3. The molecular weight excluding hydrogens is 184 g/mol. The molecule has 88 valence electrons. The van der Waals surface area contributed by atoms with Crippen LogP contribution in [0.1, 0.15) is 34.1 Å². The third-order valence-corrected chi connectivity index (χ3v) is 3.14. The molecule has 1 aliphatic rings. The Morgan fingerprint density at radius 3 is 2.20 bits per heavy atom. The van der Waals surface area contributed by atoms with Gasteiger partial charge in [-0.1, -0.05) is 11.6 Å². The van der Waals surface area contributed by atoms with E-state index >= 15 is 0 Å². The molecule has 0 radical (unpaired) electrons. The molecule has 0 N–H and O–H groups in total. The van der Waals surface area contributed by atoms with E-state index in [9.17, 15) is 0 Å². The summed E-state index contributed by atoms with van der Waals surface area (Å²) in [5.41, 5.74) is 1.44. The zero-order valence-corrected chi connectivity index (χ0v) is 10.8. The van der Waals surface area contributed by atoms with Gasteiger partial charge in [0, 0.05) is 38.8 Å². The Balaban J connectivity index is 2.17. The fraction of sp³-hybridized carbons (Fsp3) is 0.846. The van der Waals surface area contributed by atoms with Crippen molar-refractivity contribution in [2.75, 3.05) is 32.7 Å². The number of piperazine rings is 1. The van der Waals surface area contributed by atoms with Gasteiger partial charge >= 0.3 is 0 Å². The molecule has 0 aliphatic carbocycles. The highest BCUT2D eigenvalue weighted by atomic mass is 15.3. The summed E-state index contributed by atoms with van der Waals surface area (Å²) >= 11 is 0. The van der Waals surface area contributed by atoms with Gasteiger partial charge in [0.15, 0.2) is 0 Å². The molecule has 0 bridgehead atoms. The van der Waals surface area contributed by atoms with Crippen molar-refractivity contribution in [3.63, 3.8) is 0 Å². The number of allylic oxidation sites excluding steroid dienone is 1. The molecule has 1 fully saturated rings. The molecule has 2 nitrogen and oxygen atoms in total.